The summed E-state index contributed by atoms with van der Waals surface area (Å²) in [4.78, 5) is 11.4. The van der Waals surface area contributed by atoms with E-state index < -0.39 is 10.0 Å². The van der Waals surface area contributed by atoms with Crippen molar-refractivity contribution in [1.82, 2.24) is 4.72 Å². The van der Waals surface area contributed by atoms with Crippen LogP contribution in [0, 0.1) is 0 Å². The van der Waals surface area contributed by atoms with E-state index >= 15 is 0 Å². The summed E-state index contributed by atoms with van der Waals surface area (Å²) in [6, 6.07) is 5.87. The third-order valence-corrected chi connectivity index (χ3v) is 5.49. The van der Waals surface area contributed by atoms with Gasteiger partial charge in [0.2, 0.25) is 10.0 Å². The van der Waals surface area contributed by atoms with Crippen molar-refractivity contribution in [1.29, 1.82) is 0 Å². The molecule has 0 saturated carbocycles. The van der Waals surface area contributed by atoms with Gasteiger partial charge in [-0.3, -0.25) is 4.79 Å². The summed E-state index contributed by atoms with van der Waals surface area (Å²) in [5.41, 5.74) is 0.507. The highest BCUT2D eigenvalue weighted by Gasteiger charge is 2.42. The van der Waals surface area contributed by atoms with Crippen LogP contribution >= 0.6 is 0 Å². The highest BCUT2D eigenvalue weighted by molar-refractivity contribution is 7.89. The van der Waals surface area contributed by atoms with Gasteiger partial charge in [-0.2, -0.15) is 0 Å². The van der Waals surface area contributed by atoms with Crippen LogP contribution in [0.15, 0.2) is 29.2 Å². The lowest BCUT2D eigenvalue weighted by atomic mass is 9.96. The van der Waals surface area contributed by atoms with Gasteiger partial charge in [0, 0.05) is 5.56 Å². The smallest absolute Gasteiger partial charge is 0.240 e. The number of ketones is 1. The van der Waals surface area contributed by atoms with Crippen molar-refractivity contribution in [3.05, 3.63) is 29.8 Å². The molecule has 108 valence electrons. The average Bonchev–Trinajstić information content (AvgIpc) is 3.00. The number of sulfonamides is 1. The largest absolute Gasteiger partial charge is 0.373 e. The molecule has 2 fully saturated rings. The molecule has 0 aromatic heterocycles. The molecule has 1 aromatic rings. The van der Waals surface area contributed by atoms with Gasteiger partial charge in [0.25, 0.3) is 0 Å². The number of rotatable bonds is 4. The maximum atomic E-state index is 12.3. The highest BCUT2D eigenvalue weighted by Crippen LogP contribution is 2.35. The molecule has 1 aromatic carbocycles. The molecule has 2 aliphatic rings. The predicted octanol–water partition coefficient (Wildman–Crippen LogP) is 1.49. The van der Waals surface area contributed by atoms with Gasteiger partial charge in [-0.25, -0.2) is 13.1 Å². The van der Waals surface area contributed by atoms with E-state index in [9.17, 15) is 13.2 Å². The van der Waals surface area contributed by atoms with Gasteiger partial charge in [-0.1, -0.05) is 12.1 Å². The van der Waals surface area contributed by atoms with Gasteiger partial charge in [0.05, 0.1) is 23.1 Å². The summed E-state index contributed by atoms with van der Waals surface area (Å²) >= 11 is 0. The third-order valence-electron chi connectivity index (χ3n) is 3.98. The lowest BCUT2D eigenvalue weighted by Gasteiger charge is -2.20. The van der Waals surface area contributed by atoms with Crippen molar-refractivity contribution in [2.24, 2.45) is 0 Å². The number of nitrogens with one attached hydrogen (secondary N) is 1. The molecule has 5 nitrogen and oxygen atoms in total. The van der Waals surface area contributed by atoms with Crippen LogP contribution in [0.4, 0.5) is 0 Å². The second-order valence-corrected chi connectivity index (χ2v) is 7.13. The minimum atomic E-state index is -3.55. The first-order chi connectivity index (χ1) is 9.45. The maximum absolute atomic E-state index is 12.3. The van der Waals surface area contributed by atoms with Crippen LogP contribution < -0.4 is 4.72 Å². The molecule has 3 rings (SSSR count). The Balaban J connectivity index is 1.76. The number of carbonyl (C=O) groups excluding carboxylic acids is 1. The van der Waals surface area contributed by atoms with Gasteiger partial charge in [0.1, 0.15) is 0 Å². The van der Waals surface area contributed by atoms with E-state index in [0.29, 0.717) is 5.56 Å². The van der Waals surface area contributed by atoms with E-state index in [1.54, 1.807) is 0 Å². The molecule has 0 aliphatic carbocycles. The van der Waals surface area contributed by atoms with Crippen LogP contribution in [0.5, 0.6) is 0 Å². The van der Waals surface area contributed by atoms with E-state index in [-0.39, 0.29) is 28.9 Å². The summed E-state index contributed by atoms with van der Waals surface area (Å²) in [6.07, 6.45) is 2.89. The molecule has 2 aliphatic heterocycles. The Kier molecular flexibility index (Phi) is 3.40. The summed E-state index contributed by atoms with van der Waals surface area (Å²) in [7, 11) is -3.55. The van der Waals surface area contributed by atoms with Crippen LogP contribution in [0.3, 0.4) is 0 Å². The maximum Gasteiger partial charge on any atom is 0.240 e. The first kappa shape index (κ1) is 13.7. The molecule has 1 N–H and O–H groups in total. The van der Waals surface area contributed by atoms with Crippen molar-refractivity contribution >= 4 is 15.8 Å². The summed E-state index contributed by atoms with van der Waals surface area (Å²) in [5.74, 6) is -0.0802. The monoisotopic (exact) mass is 295 g/mol. The Bertz CT molecular complexity index is 623. The molecule has 2 heterocycles. The summed E-state index contributed by atoms with van der Waals surface area (Å²) < 4.78 is 32.9. The normalized spacial score (nSPS) is 28.8. The minimum absolute atomic E-state index is 0.00580. The van der Waals surface area contributed by atoms with Crippen molar-refractivity contribution in [2.45, 2.75) is 49.3 Å². The molecule has 0 radical (unpaired) electrons. The van der Waals surface area contributed by atoms with Crippen molar-refractivity contribution in [3.63, 3.8) is 0 Å². The van der Waals surface area contributed by atoms with Crippen LogP contribution in [-0.2, 0) is 14.8 Å². The second kappa shape index (κ2) is 4.95. The Morgan fingerprint density at radius 3 is 2.45 bits per heavy atom. The fourth-order valence-electron chi connectivity index (χ4n) is 2.90. The SMILES string of the molecule is CC(=O)c1ccc(S(=O)(=O)NC2CC3CCC2O3)cc1. The molecule has 3 atom stereocenters. The van der Waals surface area contributed by atoms with Crippen molar-refractivity contribution < 1.29 is 17.9 Å². The molecule has 2 saturated heterocycles. The zero-order valence-electron chi connectivity index (χ0n) is 11.2. The van der Waals surface area contributed by atoms with Gasteiger partial charge >= 0.3 is 0 Å². The number of carbonyl (C=O) groups is 1. The van der Waals surface area contributed by atoms with Crippen LogP contribution in [0.25, 0.3) is 0 Å². The molecule has 3 unspecified atom stereocenters. The van der Waals surface area contributed by atoms with Crippen LogP contribution in [-0.4, -0.2) is 32.5 Å². The molecular weight excluding hydrogens is 278 g/mol. The van der Waals surface area contributed by atoms with Crippen molar-refractivity contribution in [2.75, 3.05) is 0 Å². The quantitative estimate of drug-likeness (QED) is 0.854. The lowest BCUT2D eigenvalue weighted by molar-refractivity contribution is 0.0995. The first-order valence-electron chi connectivity index (χ1n) is 6.74. The number of fused-ring (bicyclic) bond motifs is 2. The Morgan fingerprint density at radius 1 is 1.25 bits per heavy atom. The number of hydrogen-bond acceptors (Lipinski definition) is 4. The number of benzene rings is 1. The molecule has 20 heavy (non-hydrogen) atoms. The van der Waals surface area contributed by atoms with Crippen LogP contribution in [0.1, 0.15) is 36.5 Å². The van der Waals surface area contributed by atoms with Gasteiger partial charge < -0.3 is 4.74 Å². The van der Waals surface area contributed by atoms with Crippen molar-refractivity contribution in [3.8, 4) is 0 Å². The van der Waals surface area contributed by atoms with E-state index in [1.807, 2.05) is 0 Å². The lowest BCUT2D eigenvalue weighted by Crippen LogP contribution is -2.41. The first-order valence-corrected chi connectivity index (χ1v) is 8.23. The summed E-state index contributed by atoms with van der Waals surface area (Å²) in [6.45, 7) is 1.45. The fraction of sp³-hybridized carbons (Fsp3) is 0.500. The average molecular weight is 295 g/mol. The van der Waals surface area contributed by atoms with Gasteiger partial charge in [-0.15, -0.1) is 0 Å². The number of hydrogen-bond donors (Lipinski definition) is 1. The number of Topliss-reactive ketones (excluding diaryl/α,β-unsaturated/α-hetero) is 1. The third kappa shape index (κ3) is 2.51. The van der Waals surface area contributed by atoms with E-state index in [0.717, 1.165) is 19.3 Å². The summed E-state index contributed by atoms with van der Waals surface area (Å²) in [5, 5.41) is 0. The predicted molar refractivity (Wildman–Crippen MR) is 73.1 cm³/mol. The molecule has 0 spiro atoms. The highest BCUT2D eigenvalue weighted by atomic mass is 32.2. The molecule has 2 bridgehead atoms. The Labute approximate surface area is 118 Å². The molecule has 0 amide bonds. The van der Waals surface area contributed by atoms with E-state index in [4.69, 9.17) is 4.74 Å². The van der Waals surface area contributed by atoms with E-state index in [2.05, 4.69) is 4.72 Å². The minimum Gasteiger partial charge on any atom is -0.373 e. The zero-order valence-corrected chi connectivity index (χ0v) is 12.0. The van der Waals surface area contributed by atoms with E-state index in [1.165, 1.54) is 31.2 Å². The number of ether oxygens (including phenoxy) is 1. The van der Waals surface area contributed by atoms with Crippen LogP contribution in [0.2, 0.25) is 0 Å². The zero-order chi connectivity index (χ0) is 14.3. The van der Waals surface area contributed by atoms with Gasteiger partial charge in [-0.05, 0) is 38.3 Å². The molecular formula is C14H17NO4S. The Morgan fingerprint density at radius 2 is 1.95 bits per heavy atom. The fourth-order valence-corrected chi connectivity index (χ4v) is 4.18. The Hall–Kier alpha value is -1.24. The van der Waals surface area contributed by atoms with Gasteiger partial charge in [0.15, 0.2) is 5.78 Å². The molecule has 6 heteroatoms. The topological polar surface area (TPSA) is 72.5 Å². The second-order valence-electron chi connectivity index (χ2n) is 5.42. The standard InChI is InChI=1S/C14H17NO4S/c1-9(16)10-2-5-12(6-3-10)20(17,18)15-13-8-11-4-7-14(13)19-11/h2-3,5-6,11,13-15H,4,7-8H2,1H3.